The van der Waals surface area contributed by atoms with Gasteiger partial charge >= 0.3 is 0 Å². The molecule has 7 heteroatoms. The number of morpholine rings is 1. The van der Waals surface area contributed by atoms with Crippen LogP contribution in [0.3, 0.4) is 0 Å². The summed E-state index contributed by atoms with van der Waals surface area (Å²) in [4.78, 5) is 1.54. The minimum atomic E-state index is 0.259. The first-order chi connectivity index (χ1) is 13.3. The lowest BCUT2D eigenvalue weighted by atomic mass is 10.2. The lowest BCUT2D eigenvalue weighted by molar-refractivity contribution is -0.924. The molecule has 2 aromatic rings. The first-order valence-electron chi connectivity index (χ1n) is 10.0. The minimum absolute atomic E-state index is 0.259. The Balaban J connectivity index is 1.20. The number of rotatable bonds is 7. The standard InChI is InChI=1S/C20H25ClN4OS/c21-18-4-2-1-3-15(18)11-24-9-10-26-17(12-24)13-27-20-23-22-19(14-5-6-14)25(20)16-7-8-16/h1-4,14,16-17H,5-13H2/p+1/t17-/m1/s1. The van der Waals surface area contributed by atoms with Gasteiger partial charge in [0, 0.05) is 28.3 Å². The van der Waals surface area contributed by atoms with Crippen LogP contribution in [0.5, 0.6) is 0 Å². The van der Waals surface area contributed by atoms with Gasteiger partial charge in [-0.25, -0.2) is 0 Å². The number of benzene rings is 1. The third-order valence-electron chi connectivity index (χ3n) is 5.67. The largest absolute Gasteiger partial charge is 0.366 e. The van der Waals surface area contributed by atoms with Gasteiger partial charge in [0.2, 0.25) is 0 Å². The molecule has 1 aromatic carbocycles. The summed E-state index contributed by atoms with van der Waals surface area (Å²) in [7, 11) is 0. The Kier molecular flexibility index (Phi) is 5.15. The maximum absolute atomic E-state index is 6.34. The molecule has 1 aliphatic heterocycles. The molecular weight excluding hydrogens is 380 g/mol. The molecule has 27 heavy (non-hydrogen) atoms. The van der Waals surface area contributed by atoms with Gasteiger partial charge in [0.15, 0.2) is 5.16 Å². The predicted octanol–water partition coefficient (Wildman–Crippen LogP) is 2.72. The Bertz CT molecular complexity index is 805. The number of quaternary nitrogens is 1. The van der Waals surface area contributed by atoms with Gasteiger partial charge in [0.05, 0.1) is 6.61 Å². The highest BCUT2D eigenvalue weighted by Gasteiger charge is 2.36. The molecule has 144 valence electrons. The van der Waals surface area contributed by atoms with E-state index in [1.165, 1.54) is 37.1 Å². The van der Waals surface area contributed by atoms with Crippen molar-refractivity contribution in [1.82, 2.24) is 14.8 Å². The van der Waals surface area contributed by atoms with Gasteiger partial charge < -0.3 is 14.2 Å². The second-order valence-electron chi connectivity index (χ2n) is 7.99. The number of nitrogens with one attached hydrogen (secondary N) is 1. The van der Waals surface area contributed by atoms with Crippen molar-refractivity contribution >= 4 is 23.4 Å². The molecule has 2 saturated carbocycles. The summed E-state index contributed by atoms with van der Waals surface area (Å²) in [5, 5.41) is 11.0. The second kappa shape index (κ2) is 7.74. The Hall–Kier alpha value is -1.08. The number of halogens is 1. The van der Waals surface area contributed by atoms with Crippen molar-refractivity contribution in [2.24, 2.45) is 0 Å². The van der Waals surface area contributed by atoms with E-state index >= 15 is 0 Å². The highest BCUT2D eigenvalue weighted by Crippen LogP contribution is 2.46. The average molecular weight is 406 g/mol. The zero-order chi connectivity index (χ0) is 18.2. The van der Waals surface area contributed by atoms with Crippen LogP contribution in [0.15, 0.2) is 29.4 Å². The van der Waals surface area contributed by atoms with E-state index in [-0.39, 0.29) is 6.10 Å². The molecule has 1 saturated heterocycles. The molecule has 0 bridgehead atoms. The predicted molar refractivity (Wildman–Crippen MR) is 107 cm³/mol. The first kappa shape index (κ1) is 18.0. The normalized spacial score (nSPS) is 25.7. The van der Waals surface area contributed by atoms with E-state index in [9.17, 15) is 0 Å². The fraction of sp³-hybridized carbons (Fsp3) is 0.600. The third-order valence-corrected chi connectivity index (χ3v) is 7.11. The number of hydrogen-bond donors (Lipinski definition) is 1. The lowest BCUT2D eigenvalue weighted by Gasteiger charge is -2.30. The molecule has 5 nitrogen and oxygen atoms in total. The number of thioether (sulfide) groups is 1. The Labute approximate surface area is 169 Å². The van der Waals surface area contributed by atoms with Gasteiger partial charge in [-0.1, -0.05) is 41.6 Å². The van der Waals surface area contributed by atoms with Crippen molar-refractivity contribution in [3.05, 3.63) is 40.7 Å². The highest BCUT2D eigenvalue weighted by atomic mass is 35.5. The van der Waals surface area contributed by atoms with E-state index in [1.807, 2.05) is 23.9 Å². The maximum atomic E-state index is 6.34. The molecule has 1 unspecified atom stereocenters. The fourth-order valence-corrected chi connectivity index (χ4v) is 5.11. The number of nitrogens with zero attached hydrogens (tertiary/aromatic N) is 3. The van der Waals surface area contributed by atoms with E-state index < -0.39 is 0 Å². The van der Waals surface area contributed by atoms with Crippen molar-refractivity contribution in [3.63, 3.8) is 0 Å². The average Bonchev–Trinajstić information content (AvgIpc) is 3.61. The van der Waals surface area contributed by atoms with E-state index in [2.05, 4.69) is 26.9 Å². The Morgan fingerprint density at radius 2 is 2.04 bits per heavy atom. The van der Waals surface area contributed by atoms with Crippen molar-refractivity contribution < 1.29 is 9.64 Å². The van der Waals surface area contributed by atoms with Crippen molar-refractivity contribution in [1.29, 1.82) is 0 Å². The highest BCUT2D eigenvalue weighted by molar-refractivity contribution is 7.99. The summed E-state index contributed by atoms with van der Waals surface area (Å²) < 4.78 is 8.48. The third kappa shape index (κ3) is 4.19. The summed E-state index contributed by atoms with van der Waals surface area (Å²) in [6.45, 7) is 3.84. The molecule has 5 rings (SSSR count). The molecule has 0 spiro atoms. The molecule has 1 aromatic heterocycles. The van der Waals surface area contributed by atoms with Crippen LogP contribution in [-0.2, 0) is 11.3 Å². The van der Waals surface area contributed by atoms with Crippen LogP contribution >= 0.6 is 23.4 Å². The van der Waals surface area contributed by atoms with Gasteiger partial charge in [-0.2, -0.15) is 0 Å². The Morgan fingerprint density at radius 3 is 2.81 bits per heavy atom. The topological polar surface area (TPSA) is 44.4 Å². The lowest BCUT2D eigenvalue weighted by Crippen LogP contribution is -3.13. The van der Waals surface area contributed by atoms with E-state index in [0.717, 1.165) is 42.2 Å². The second-order valence-corrected chi connectivity index (χ2v) is 9.39. The number of hydrogen-bond acceptors (Lipinski definition) is 4. The van der Waals surface area contributed by atoms with Gasteiger partial charge in [-0.05, 0) is 31.7 Å². The van der Waals surface area contributed by atoms with Crippen LogP contribution in [0.25, 0.3) is 0 Å². The summed E-state index contributed by atoms with van der Waals surface area (Å²) in [5.41, 5.74) is 1.23. The molecule has 3 fully saturated rings. The molecular formula is C20H26ClN4OS+. The Morgan fingerprint density at radius 1 is 1.19 bits per heavy atom. The zero-order valence-electron chi connectivity index (χ0n) is 15.4. The van der Waals surface area contributed by atoms with Crippen molar-refractivity contribution in [2.45, 2.75) is 55.4 Å². The van der Waals surface area contributed by atoms with Crippen LogP contribution in [-0.4, -0.2) is 46.3 Å². The van der Waals surface area contributed by atoms with Crippen molar-refractivity contribution in [3.8, 4) is 0 Å². The quantitative estimate of drug-likeness (QED) is 0.719. The molecule has 2 aliphatic carbocycles. The molecule has 0 radical (unpaired) electrons. The van der Waals surface area contributed by atoms with Gasteiger partial charge in [-0.3, -0.25) is 0 Å². The smallest absolute Gasteiger partial charge is 0.191 e. The van der Waals surface area contributed by atoms with Crippen molar-refractivity contribution in [2.75, 3.05) is 25.4 Å². The monoisotopic (exact) mass is 405 g/mol. The molecule has 2 atom stereocenters. The number of ether oxygens (including phenoxy) is 1. The summed E-state index contributed by atoms with van der Waals surface area (Å²) in [5.74, 6) is 2.84. The van der Waals surface area contributed by atoms with Crippen LogP contribution in [0.1, 0.15) is 49.0 Å². The fourth-order valence-electron chi connectivity index (χ4n) is 3.88. The zero-order valence-corrected chi connectivity index (χ0v) is 17.0. The molecule has 2 heterocycles. The van der Waals surface area contributed by atoms with E-state index in [4.69, 9.17) is 16.3 Å². The summed E-state index contributed by atoms with van der Waals surface area (Å²) >= 11 is 8.16. The van der Waals surface area contributed by atoms with E-state index in [1.54, 1.807) is 4.90 Å². The number of aromatic nitrogens is 3. The van der Waals surface area contributed by atoms with E-state index in [0.29, 0.717) is 12.0 Å². The molecule has 3 aliphatic rings. The molecule has 1 N–H and O–H groups in total. The van der Waals surface area contributed by atoms with Crippen LogP contribution in [0.4, 0.5) is 0 Å². The van der Waals surface area contributed by atoms with Gasteiger partial charge in [0.25, 0.3) is 0 Å². The van der Waals surface area contributed by atoms with Gasteiger partial charge in [-0.15, -0.1) is 10.2 Å². The van der Waals surface area contributed by atoms with Crippen LogP contribution in [0, 0.1) is 0 Å². The SMILES string of the molecule is Clc1ccccc1C[NH+]1CCO[C@@H](CSc2nnc(C3CC3)n2C2CC2)C1. The molecule has 0 amide bonds. The summed E-state index contributed by atoms with van der Waals surface area (Å²) in [6.07, 6.45) is 5.38. The minimum Gasteiger partial charge on any atom is -0.366 e. The maximum Gasteiger partial charge on any atom is 0.191 e. The van der Waals surface area contributed by atoms with Crippen LogP contribution < -0.4 is 4.90 Å². The first-order valence-corrected chi connectivity index (χ1v) is 11.4. The van der Waals surface area contributed by atoms with Crippen LogP contribution in [0.2, 0.25) is 5.02 Å². The van der Waals surface area contributed by atoms with Gasteiger partial charge in [0.1, 0.15) is 31.6 Å². The summed E-state index contributed by atoms with van der Waals surface area (Å²) in [6, 6.07) is 8.81.